The van der Waals surface area contributed by atoms with Crippen LogP contribution in [-0.2, 0) is 14.3 Å². The monoisotopic (exact) mass is 332 g/mol. The molecule has 1 N–H and O–H groups in total. The lowest BCUT2D eigenvalue weighted by molar-refractivity contribution is -0.182. The quantitative estimate of drug-likeness (QED) is 0.543. The first-order chi connectivity index (χ1) is 11.2. The van der Waals surface area contributed by atoms with Crippen LogP contribution >= 0.6 is 0 Å². The van der Waals surface area contributed by atoms with Crippen LogP contribution in [0.5, 0.6) is 0 Å². The van der Waals surface area contributed by atoms with Crippen LogP contribution in [0.3, 0.4) is 0 Å². The van der Waals surface area contributed by atoms with E-state index in [1.54, 1.807) is 6.92 Å². The van der Waals surface area contributed by atoms with Crippen molar-refractivity contribution in [3.05, 3.63) is 22.8 Å². The van der Waals surface area contributed by atoms with Crippen LogP contribution in [0.2, 0.25) is 0 Å². The van der Waals surface area contributed by atoms with Crippen molar-refractivity contribution in [1.82, 2.24) is 0 Å². The number of carbonyl (C=O) groups is 1. The van der Waals surface area contributed by atoms with Gasteiger partial charge in [-0.2, -0.15) is 0 Å². The molecule has 2 fully saturated rings. The third-order valence-corrected chi connectivity index (χ3v) is 7.18. The molecule has 2 saturated heterocycles. The van der Waals surface area contributed by atoms with Crippen molar-refractivity contribution in [2.24, 2.45) is 11.3 Å². The van der Waals surface area contributed by atoms with Gasteiger partial charge in [0.15, 0.2) is 0 Å². The zero-order valence-electron chi connectivity index (χ0n) is 15.1. The van der Waals surface area contributed by atoms with Crippen molar-refractivity contribution in [3.8, 4) is 0 Å². The van der Waals surface area contributed by atoms with Gasteiger partial charge in [0.25, 0.3) is 0 Å². The predicted octanol–water partition coefficient (Wildman–Crippen LogP) is 3.64. The fourth-order valence-corrected chi connectivity index (χ4v) is 5.73. The summed E-state index contributed by atoms with van der Waals surface area (Å²) in [4.78, 5) is 12.2. The number of hydrogen-bond donors (Lipinski definition) is 1. The first-order valence-corrected chi connectivity index (χ1v) is 9.17. The maximum Gasteiger partial charge on any atom is 0.336 e. The molecule has 4 aliphatic rings. The Hall–Kier alpha value is -1.13. The Balaban J connectivity index is 1.82. The minimum atomic E-state index is -1.47. The third-order valence-electron chi connectivity index (χ3n) is 7.18. The molecule has 3 aliphatic heterocycles. The summed E-state index contributed by atoms with van der Waals surface area (Å²) in [5, 5.41) is 11.1. The molecule has 0 unspecified atom stereocenters. The summed E-state index contributed by atoms with van der Waals surface area (Å²) in [5.74, 6) is -1.55. The highest BCUT2D eigenvalue weighted by molar-refractivity contribution is 5.92. The smallest absolute Gasteiger partial charge is 0.336 e. The highest BCUT2D eigenvalue weighted by atomic mass is 16.7. The lowest BCUT2D eigenvalue weighted by Gasteiger charge is -2.43. The first kappa shape index (κ1) is 16.3. The van der Waals surface area contributed by atoms with E-state index in [9.17, 15) is 9.90 Å². The van der Waals surface area contributed by atoms with Crippen molar-refractivity contribution in [3.63, 3.8) is 0 Å². The van der Waals surface area contributed by atoms with Crippen LogP contribution in [-0.4, -0.2) is 28.6 Å². The van der Waals surface area contributed by atoms with E-state index in [2.05, 4.69) is 19.9 Å². The van der Waals surface area contributed by atoms with E-state index < -0.39 is 5.79 Å². The molecule has 4 nitrogen and oxygen atoms in total. The summed E-state index contributed by atoms with van der Waals surface area (Å²) >= 11 is 0. The summed E-state index contributed by atoms with van der Waals surface area (Å²) < 4.78 is 11.8. The SMILES string of the molecule is CC1=C2C[C@@H]3[C@@](C)(CC/C=C(\C)C[C@@]2(O)OC1=O)[C@H]1CC[C@]3(C)O1. The van der Waals surface area contributed by atoms with E-state index in [1.165, 1.54) is 0 Å². The molecule has 3 heterocycles. The highest BCUT2D eigenvalue weighted by Crippen LogP contribution is 2.62. The zero-order chi connectivity index (χ0) is 17.3. The average Bonchev–Trinajstić information content (AvgIpc) is 3.03. The second-order valence-electron chi connectivity index (χ2n) is 8.76. The van der Waals surface area contributed by atoms with Crippen LogP contribution in [0.25, 0.3) is 0 Å². The standard InChI is InChI=1S/C20H28O4/c1-12-6-5-8-18(3)15(19(4)9-7-16(18)23-19)10-14-13(2)17(21)24-20(14,22)11-12/h6,15-16,22H,5,7-11H2,1-4H3/b12-6+/t15-,16-,18-,19+,20-/m1/s1. The Kier molecular flexibility index (Phi) is 3.37. The molecule has 0 aromatic rings. The van der Waals surface area contributed by atoms with Gasteiger partial charge in [-0.3, -0.25) is 0 Å². The van der Waals surface area contributed by atoms with Gasteiger partial charge in [0.2, 0.25) is 5.79 Å². The fraction of sp³-hybridized carbons (Fsp3) is 0.750. The molecule has 0 aromatic carbocycles. The van der Waals surface area contributed by atoms with E-state index >= 15 is 0 Å². The molecule has 4 rings (SSSR count). The number of carbonyl (C=O) groups excluding carboxylic acids is 1. The molecule has 4 heteroatoms. The summed E-state index contributed by atoms with van der Waals surface area (Å²) in [5.41, 5.74) is 2.36. The van der Waals surface area contributed by atoms with Gasteiger partial charge in [0.1, 0.15) is 0 Å². The average molecular weight is 332 g/mol. The van der Waals surface area contributed by atoms with Crippen molar-refractivity contribution < 1.29 is 19.4 Å². The largest absolute Gasteiger partial charge is 0.425 e. The van der Waals surface area contributed by atoms with Crippen LogP contribution in [0, 0.1) is 11.3 Å². The molecule has 2 bridgehead atoms. The minimum Gasteiger partial charge on any atom is -0.425 e. The molecule has 24 heavy (non-hydrogen) atoms. The van der Waals surface area contributed by atoms with E-state index in [0.29, 0.717) is 24.3 Å². The second kappa shape index (κ2) is 4.95. The summed E-state index contributed by atoms with van der Waals surface area (Å²) in [7, 11) is 0. The first-order valence-electron chi connectivity index (χ1n) is 9.17. The highest BCUT2D eigenvalue weighted by Gasteiger charge is 2.63. The number of ether oxygens (including phenoxy) is 2. The maximum atomic E-state index is 12.2. The molecule has 1 aliphatic carbocycles. The lowest BCUT2D eigenvalue weighted by Crippen LogP contribution is -2.44. The van der Waals surface area contributed by atoms with Gasteiger partial charge < -0.3 is 14.6 Å². The Morgan fingerprint density at radius 3 is 2.75 bits per heavy atom. The molecule has 132 valence electrons. The third kappa shape index (κ3) is 2.08. The van der Waals surface area contributed by atoms with Gasteiger partial charge in [-0.25, -0.2) is 4.79 Å². The van der Waals surface area contributed by atoms with Gasteiger partial charge in [0, 0.05) is 17.6 Å². The van der Waals surface area contributed by atoms with Crippen LogP contribution in [0.1, 0.15) is 66.2 Å². The molecular formula is C20H28O4. The minimum absolute atomic E-state index is 0.0843. The van der Waals surface area contributed by atoms with E-state index in [1.807, 2.05) is 6.92 Å². The number of aliphatic hydroxyl groups is 1. The predicted molar refractivity (Wildman–Crippen MR) is 90.1 cm³/mol. The van der Waals surface area contributed by atoms with Gasteiger partial charge in [-0.05, 0) is 64.2 Å². The van der Waals surface area contributed by atoms with Crippen LogP contribution in [0.4, 0.5) is 0 Å². The molecule has 0 amide bonds. The van der Waals surface area contributed by atoms with Crippen molar-refractivity contribution in [1.29, 1.82) is 0 Å². The summed E-state index contributed by atoms with van der Waals surface area (Å²) in [6.07, 6.45) is 7.79. The van der Waals surface area contributed by atoms with Crippen molar-refractivity contribution in [2.45, 2.75) is 83.7 Å². The van der Waals surface area contributed by atoms with Crippen LogP contribution < -0.4 is 0 Å². The van der Waals surface area contributed by atoms with Crippen molar-refractivity contribution in [2.75, 3.05) is 0 Å². The molecule has 5 atom stereocenters. The number of hydrogen-bond acceptors (Lipinski definition) is 4. The number of allylic oxidation sites excluding steroid dienone is 1. The topological polar surface area (TPSA) is 55.8 Å². The second-order valence-corrected chi connectivity index (χ2v) is 8.76. The van der Waals surface area contributed by atoms with Crippen LogP contribution in [0.15, 0.2) is 22.8 Å². The Labute approximate surface area is 143 Å². The Morgan fingerprint density at radius 1 is 1.25 bits per heavy atom. The lowest BCUT2D eigenvalue weighted by atomic mass is 9.58. The summed E-state index contributed by atoms with van der Waals surface area (Å²) in [6.45, 7) is 8.34. The fourth-order valence-electron chi connectivity index (χ4n) is 5.73. The molecule has 0 saturated carbocycles. The Bertz CT molecular complexity index is 663. The van der Waals surface area contributed by atoms with Gasteiger partial charge in [-0.15, -0.1) is 0 Å². The van der Waals surface area contributed by atoms with Gasteiger partial charge in [-0.1, -0.05) is 18.6 Å². The maximum absolute atomic E-state index is 12.2. The molecule has 0 spiro atoms. The number of esters is 1. The summed E-state index contributed by atoms with van der Waals surface area (Å²) in [6, 6.07) is 0. The normalized spacial score (nSPS) is 50.2. The molecular weight excluding hydrogens is 304 g/mol. The van der Waals surface area contributed by atoms with E-state index in [4.69, 9.17) is 9.47 Å². The zero-order valence-corrected chi connectivity index (χ0v) is 15.1. The van der Waals surface area contributed by atoms with E-state index in [-0.39, 0.29) is 23.1 Å². The van der Waals surface area contributed by atoms with Gasteiger partial charge in [0.05, 0.1) is 11.7 Å². The number of fused-ring (bicyclic) bond motifs is 6. The number of rotatable bonds is 0. The van der Waals surface area contributed by atoms with Crippen molar-refractivity contribution >= 4 is 5.97 Å². The van der Waals surface area contributed by atoms with Gasteiger partial charge >= 0.3 is 5.97 Å². The molecule has 0 aromatic heterocycles. The Morgan fingerprint density at radius 2 is 2.00 bits per heavy atom. The molecule has 0 radical (unpaired) electrons. The van der Waals surface area contributed by atoms with E-state index in [0.717, 1.165) is 36.8 Å².